The zero-order chi connectivity index (χ0) is 18.4. The molecule has 1 N–H and O–H groups in total. The van der Waals surface area contributed by atoms with Gasteiger partial charge in [0.25, 0.3) is 0 Å². The summed E-state index contributed by atoms with van der Waals surface area (Å²) >= 11 is 0. The molecular weight excluding hydrogens is 320 g/mol. The van der Waals surface area contributed by atoms with Gasteiger partial charge >= 0.3 is 0 Å². The second-order valence-corrected chi connectivity index (χ2v) is 7.79. The Morgan fingerprint density at radius 1 is 1.12 bits per heavy atom. The molecule has 0 spiro atoms. The van der Waals surface area contributed by atoms with Gasteiger partial charge in [-0.2, -0.15) is 0 Å². The summed E-state index contributed by atoms with van der Waals surface area (Å²) in [5, 5.41) is 3.32. The molecule has 26 heavy (non-hydrogen) atoms. The average Bonchev–Trinajstić information content (AvgIpc) is 2.85. The summed E-state index contributed by atoms with van der Waals surface area (Å²) in [5.74, 6) is 0.119. The van der Waals surface area contributed by atoms with Crippen LogP contribution in [0, 0.1) is 0 Å². The van der Waals surface area contributed by atoms with Gasteiger partial charge in [-0.15, -0.1) is 0 Å². The highest BCUT2D eigenvalue weighted by Gasteiger charge is 2.57. The molecule has 0 unspecified atom stereocenters. The van der Waals surface area contributed by atoms with Gasteiger partial charge in [-0.1, -0.05) is 69.3 Å². The fraction of sp³-hybridized carbons (Fsp3) is 0.348. The van der Waals surface area contributed by atoms with E-state index in [1.807, 2.05) is 0 Å². The Hall–Kier alpha value is -2.55. The Balaban J connectivity index is 1.79. The second-order valence-electron chi connectivity index (χ2n) is 7.79. The van der Waals surface area contributed by atoms with Crippen molar-refractivity contribution in [1.29, 1.82) is 0 Å². The Morgan fingerprint density at radius 3 is 2.58 bits per heavy atom. The number of carbonyl (C=O) groups excluding carboxylic acids is 1. The number of anilines is 1. The van der Waals surface area contributed by atoms with Gasteiger partial charge in [0, 0.05) is 24.1 Å². The van der Waals surface area contributed by atoms with Gasteiger partial charge in [-0.25, -0.2) is 0 Å². The first-order valence-electron chi connectivity index (χ1n) is 9.44. The average molecular weight is 346 g/mol. The Labute approximate surface area is 155 Å². The van der Waals surface area contributed by atoms with Crippen LogP contribution >= 0.6 is 0 Å². The normalized spacial score (nSPS) is 23.7. The van der Waals surface area contributed by atoms with Crippen molar-refractivity contribution in [1.82, 2.24) is 5.32 Å². The van der Waals surface area contributed by atoms with Crippen molar-refractivity contribution in [3.8, 4) is 0 Å². The Kier molecular flexibility index (Phi) is 3.91. The largest absolute Gasteiger partial charge is 0.344 e. The van der Waals surface area contributed by atoms with Crippen LogP contribution in [-0.4, -0.2) is 18.1 Å². The van der Waals surface area contributed by atoms with E-state index in [0.717, 1.165) is 18.5 Å². The Bertz CT molecular complexity index is 866. The molecule has 0 radical (unpaired) electrons. The van der Waals surface area contributed by atoms with E-state index in [0.29, 0.717) is 6.42 Å². The van der Waals surface area contributed by atoms with Crippen molar-refractivity contribution in [3.05, 3.63) is 71.3 Å². The van der Waals surface area contributed by atoms with Gasteiger partial charge < -0.3 is 10.2 Å². The molecule has 2 aromatic carbocycles. The molecule has 1 amide bonds. The molecule has 1 saturated heterocycles. The number of para-hydroxylation sites is 1. The number of hydrogen-bond acceptors (Lipinski definition) is 2. The van der Waals surface area contributed by atoms with E-state index in [1.54, 1.807) is 0 Å². The van der Waals surface area contributed by atoms with E-state index < -0.39 is 5.66 Å². The van der Waals surface area contributed by atoms with Gasteiger partial charge in [0.1, 0.15) is 5.66 Å². The molecule has 2 aliphatic heterocycles. The van der Waals surface area contributed by atoms with E-state index in [4.69, 9.17) is 0 Å². The van der Waals surface area contributed by atoms with E-state index in [-0.39, 0.29) is 11.3 Å². The molecule has 0 aliphatic carbocycles. The van der Waals surface area contributed by atoms with Crippen molar-refractivity contribution in [2.75, 3.05) is 11.4 Å². The van der Waals surface area contributed by atoms with Crippen LogP contribution < -0.4 is 10.2 Å². The van der Waals surface area contributed by atoms with Crippen molar-refractivity contribution in [3.63, 3.8) is 0 Å². The van der Waals surface area contributed by atoms with Crippen molar-refractivity contribution < 1.29 is 4.79 Å². The van der Waals surface area contributed by atoms with Crippen LogP contribution in [0.4, 0.5) is 5.69 Å². The first kappa shape index (κ1) is 16.9. The van der Waals surface area contributed by atoms with Gasteiger partial charge in [0.2, 0.25) is 5.91 Å². The maximum atomic E-state index is 12.4. The van der Waals surface area contributed by atoms with Gasteiger partial charge in [-0.3, -0.25) is 4.79 Å². The van der Waals surface area contributed by atoms with Crippen LogP contribution in [0.1, 0.15) is 43.9 Å². The highest BCUT2D eigenvalue weighted by molar-refractivity contribution is 5.84. The highest BCUT2D eigenvalue weighted by atomic mass is 16.2. The number of amides is 1. The smallest absolute Gasteiger partial charge is 0.223 e. The first-order chi connectivity index (χ1) is 12.5. The quantitative estimate of drug-likeness (QED) is 0.900. The lowest BCUT2D eigenvalue weighted by Gasteiger charge is -2.49. The molecule has 1 atom stereocenters. The van der Waals surface area contributed by atoms with E-state index in [1.165, 1.54) is 16.8 Å². The summed E-state index contributed by atoms with van der Waals surface area (Å²) in [6.45, 7) is 7.35. The minimum atomic E-state index is -0.532. The first-order valence-corrected chi connectivity index (χ1v) is 9.44. The minimum absolute atomic E-state index is 0.119. The second kappa shape index (κ2) is 6.01. The van der Waals surface area contributed by atoms with Crippen LogP contribution in [0.3, 0.4) is 0 Å². The SMILES string of the molecule is CCc1ccc(/C=C/[C@@]23NC(=O)CCN2c2ccccc2C3(C)C)cc1. The molecular formula is C23H26N2O. The zero-order valence-corrected chi connectivity index (χ0v) is 15.8. The number of carbonyl (C=O) groups is 1. The maximum Gasteiger partial charge on any atom is 0.223 e. The van der Waals surface area contributed by atoms with E-state index in [9.17, 15) is 4.79 Å². The molecule has 0 saturated carbocycles. The van der Waals surface area contributed by atoms with Crippen molar-refractivity contribution in [2.45, 2.75) is 44.7 Å². The van der Waals surface area contributed by atoms with Crippen molar-refractivity contribution >= 4 is 17.7 Å². The summed E-state index contributed by atoms with van der Waals surface area (Å²) in [7, 11) is 0. The number of nitrogens with one attached hydrogen (secondary N) is 1. The van der Waals surface area contributed by atoms with Gasteiger partial charge in [-0.05, 0) is 35.3 Å². The molecule has 0 bridgehead atoms. The lowest BCUT2D eigenvalue weighted by atomic mass is 9.74. The van der Waals surface area contributed by atoms with Crippen LogP contribution in [0.2, 0.25) is 0 Å². The number of benzene rings is 2. The van der Waals surface area contributed by atoms with Crippen LogP contribution in [0.25, 0.3) is 6.08 Å². The summed E-state index contributed by atoms with van der Waals surface area (Å²) < 4.78 is 0. The third-order valence-corrected chi connectivity index (χ3v) is 6.04. The molecule has 0 aromatic heterocycles. The molecule has 3 heteroatoms. The van der Waals surface area contributed by atoms with E-state index >= 15 is 0 Å². The maximum absolute atomic E-state index is 12.4. The third kappa shape index (κ3) is 2.38. The number of nitrogens with zero attached hydrogens (tertiary/aromatic N) is 1. The third-order valence-electron chi connectivity index (χ3n) is 6.04. The standard InChI is InChI=1S/C23H26N2O/c1-4-17-9-11-18(12-10-17)13-15-23-22(2,3)19-7-5-6-8-20(19)25(23)16-14-21(26)24-23/h5-13,15H,4,14,16H2,1-3H3,(H,24,26)/b15-13+/t23-/m1/s1. The summed E-state index contributed by atoms with van der Waals surface area (Å²) in [6, 6.07) is 17.2. The Morgan fingerprint density at radius 2 is 1.85 bits per heavy atom. The molecule has 1 fully saturated rings. The lowest BCUT2D eigenvalue weighted by Crippen LogP contribution is -2.68. The number of rotatable bonds is 3. The topological polar surface area (TPSA) is 32.3 Å². The molecule has 2 aliphatic rings. The lowest BCUT2D eigenvalue weighted by molar-refractivity contribution is -0.124. The van der Waals surface area contributed by atoms with Crippen molar-refractivity contribution in [2.24, 2.45) is 0 Å². The molecule has 3 nitrogen and oxygen atoms in total. The molecule has 2 aromatic rings. The predicted molar refractivity (Wildman–Crippen MR) is 107 cm³/mol. The fourth-order valence-corrected chi connectivity index (χ4v) is 4.40. The van der Waals surface area contributed by atoms with Gasteiger partial charge in [0.15, 0.2) is 0 Å². The minimum Gasteiger partial charge on any atom is -0.344 e. The number of aryl methyl sites for hydroxylation is 1. The van der Waals surface area contributed by atoms with Crippen LogP contribution in [0.15, 0.2) is 54.6 Å². The summed E-state index contributed by atoms with van der Waals surface area (Å²) in [5.41, 5.74) is 4.25. The molecule has 134 valence electrons. The van der Waals surface area contributed by atoms with Gasteiger partial charge in [0.05, 0.1) is 0 Å². The predicted octanol–water partition coefficient (Wildman–Crippen LogP) is 4.28. The monoisotopic (exact) mass is 346 g/mol. The summed E-state index contributed by atoms with van der Waals surface area (Å²) in [6.07, 6.45) is 5.90. The van der Waals surface area contributed by atoms with Crippen LogP contribution in [-0.2, 0) is 16.6 Å². The van der Waals surface area contributed by atoms with E-state index in [2.05, 4.69) is 91.7 Å². The van der Waals surface area contributed by atoms with Crippen LogP contribution in [0.5, 0.6) is 0 Å². The highest BCUT2D eigenvalue weighted by Crippen LogP contribution is 2.52. The molecule has 2 heterocycles. The molecule has 4 rings (SSSR count). The fourth-order valence-electron chi connectivity index (χ4n) is 4.40. The number of fused-ring (bicyclic) bond motifs is 3. The summed E-state index contributed by atoms with van der Waals surface area (Å²) in [4.78, 5) is 14.7. The number of hydrogen-bond donors (Lipinski definition) is 1. The zero-order valence-electron chi connectivity index (χ0n) is 15.8.